The van der Waals surface area contributed by atoms with Crippen LogP contribution in [0.3, 0.4) is 0 Å². The highest BCUT2D eigenvalue weighted by Gasteiger charge is 2.28. The molecular weight excluding hydrogens is 434 g/mol. The highest BCUT2D eigenvalue weighted by Crippen LogP contribution is 2.24. The molecule has 0 bridgehead atoms. The first kappa shape index (κ1) is 23.5. The van der Waals surface area contributed by atoms with Crippen LogP contribution in [0.25, 0.3) is 0 Å². The number of nitrogens with zero attached hydrogens (tertiary/aromatic N) is 1. The Kier molecular flexibility index (Phi) is 9.27. The van der Waals surface area contributed by atoms with E-state index in [4.69, 9.17) is 23.2 Å². The first-order valence-electron chi connectivity index (χ1n) is 9.12. The van der Waals surface area contributed by atoms with Crippen LogP contribution in [0.2, 0.25) is 10.0 Å². The average molecular weight is 457 g/mol. The van der Waals surface area contributed by atoms with E-state index in [1.54, 1.807) is 42.3 Å². The van der Waals surface area contributed by atoms with Crippen LogP contribution in [0.15, 0.2) is 42.5 Å². The van der Waals surface area contributed by atoms with E-state index in [9.17, 15) is 14.0 Å². The van der Waals surface area contributed by atoms with Gasteiger partial charge in [0.15, 0.2) is 0 Å². The van der Waals surface area contributed by atoms with E-state index < -0.39 is 6.04 Å². The Morgan fingerprint density at radius 2 is 1.76 bits per heavy atom. The van der Waals surface area contributed by atoms with E-state index in [0.717, 1.165) is 11.1 Å². The van der Waals surface area contributed by atoms with Gasteiger partial charge in [-0.05, 0) is 41.8 Å². The number of hydrogen-bond acceptors (Lipinski definition) is 3. The zero-order valence-electron chi connectivity index (χ0n) is 16.3. The van der Waals surface area contributed by atoms with Gasteiger partial charge in [0.1, 0.15) is 11.9 Å². The average Bonchev–Trinajstić information content (AvgIpc) is 2.71. The van der Waals surface area contributed by atoms with E-state index in [1.165, 1.54) is 23.9 Å². The van der Waals surface area contributed by atoms with E-state index in [-0.39, 0.29) is 29.9 Å². The number of benzene rings is 2. The van der Waals surface area contributed by atoms with Crippen LogP contribution in [0.5, 0.6) is 0 Å². The van der Waals surface area contributed by atoms with Gasteiger partial charge >= 0.3 is 0 Å². The van der Waals surface area contributed by atoms with Crippen LogP contribution in [-0.2, 0) is 21.9 Å². The molecule has 156 valence electrons. The van der Waals surface area contributed by atoms with Crippen molar-refractivity contribution in [2.24, 2.45) is 0 Å². The molecule has 0 saturated carbocycles. The molecule has 0 saturated heterocycles. The molecule has 0 aliphatic rings. The van der Waals surface area contributed by atoms with Crippen molar-refractivity contribution < 1.29 is 14.0 Å². The number of thioether (sulfide) groups is 1. The lowest BCUT2D eigenvalue weighted by Crippen LogP contribution is -2.48. The van der Waals surface area contributed by atoms with Crippen LogP contribution in [0.1, 0.15) is 24.5 Å². The maximum Gasteiger partial charge on any atom is 0.242 e. The molecule has 0 aliphatic heterocycles. The summed E-state index contributed by atoms with van der Waals surface area (Å²) < 4.78 is 13.0. The predicted molar refractivity (Wildman–Crippen MR) is 118 cm³/mol. The fraction of sp³-hybridized carbons (Fsp3) is 0.333. The van der Waals surface area contributed by atoms with Crippen LogP contribution in [-0.4, -0.2) is 35.6 Å². The summed E-state index contributed by atoms with van der Waals surface area (Å²) in [5, 5.41) is 3.45. The lowest BCUT2D eigenvalue weighted by atomic mass is 10.1. The number of halogens is 3. The van der Waals surface area contributed by atoms with Crippen molar-refractivity contribution in [1.82, 2.24) is 10.2 Å². The molecule has 8 heteroatoms. The lowest BCUT2D eigenvalue weighted by Gasteiger charge is -2.30. The molecule has 29 heavy (non-hydrogen) atoms. The Labute approximate surface area is 184 Å². The third kappa shape index (κ3) is 6.91. The second kappa shape index (κ2) is 11.4. The van der Waals surface area contributed by atoms with Gasteiger partial charge in [-0.15, -0.1) is 11.8 Å². The van der Waals surface area contributed by atoms with Crippen LogP contribution in [0.4, 0.5) is 4.39 Å². The molecule has 0 heterocycles. The summed E-state index contributed by atoms with van der Waals surface area (Å²) in [5.74, 6) is 0.109. The maximum absolute atomic E-state index is 13.0. The Balaban J connectivity index is 2.11. The Morgan fingerprint density at radius 3 is 2.34 bits per heavy atom. The Bertz CT molecular complexity index is 849. The number of carbonyl (C=O) groups excluding carboxylic acids is 2. The second-order valence-corrected chi connectivity index (χ2v) is 8.23. The fourth-order valence-electron chi connectivity index (χ4n) is 2.84. The van der Waals surface area contributed by atoms with Crippen LogP contribution < -0.4 is 5.32 Å². The predicted octanol–water partition coefficient (Wildman–Crippen LogP) is 4.92. The molecule has 0 aromatic heterocycles. The number of nitrogens with one attached hydrogen (secondary N) is 1. The SMILES string of the molecule is CCC(C(=O)NC)N(Cc1ccc(Cl)c(Cl)c1)C(=O)CSCc1ccc(F)cc1. The standard InChI is InChI=1S/C21H23Cl2FN2O2S/c1-3-19(21(28)25-2)26(11-15-6-9-17(22)18(23)10-15)20(27)13-29-12-14-4-7-16(24)8-5-14/h4-10,19H,3,11-13H2,1-2H3,(H,25,28). The quantitative estimate of drug-likeness (QED) is 0.582. The summed E-state index contributed by atoms with van der Waals surface area (Å²) in [5.41, 5.74) is 1.72. The zero-order chi connectivity index (χ0) is 21.4. The molecular formula is C21H23Cl2FN2O2S. The Hall–Kier alpha value is -1.76. The van der Waals surface area contributed by atoms with E-state index >= 15 is 0 Å². The van der Waals surface area contributed by atoms with E-state index in [2.05, 4.69) is 5.32 Å². The number of amides is 2. The van der Waals surface area contributed by atoms with Crippen molar-refractivity contribution in [3.05, 3.63) is 69.5 Å². The molecule has 1 N–H and O–H groups in total. The third-order valence-electron chi connectivity index (χ3n) is 4.38. The first-order valence-corrected chi connectivity index (χ1v) is 11.0. The molecule has 0 spiro atoms. The smallest absolute Gasteiger partial charge is 0.242 e. The van der Waals surface area contributed by atoms with Crippen molar-refractivity contribution >= 4 is 46.8 Å². The highest BCUT2D eigenvalue weighted by atomic mass is 35.5. The molecule has 4 nitrogen and oxygen atoms in total. The summed E-state index contributed by atoms with van der Waals surface area (Å²) in [6.07, 6.45) is 0.482. The summed E-state index contributed by atoms with van der Waals surface area (Å²) in [6.45, 7) is 2.11. The molecule has 2 aromatic rings. The number of carbonyl (C=O) groups is 2. The minimum absolute atomic E-state index is 0.154. The summed E-state index contributed by atoms with van der Waals surface area (Å²) in [6, 6.07) is 10.8. The molecule has 2 rings (SSSR count). The van der Waals surface area contributed by atoms with Crippen molar-refractivity contribution in [2.45, 2.75) is 31.7 Å². The van der Waals surface area contributed by atoms with Gasteiger partial charge < -0.3 is 10.2 Å². The minimum atomic E-state index is -0.589. The molecule has 2 aromatic carbocycles. The second-order valence-electron chi connectivity index (χ2n) is 6.43. The monoisotopic (exact) mass is 456 g/mol. The van der Waals surface area contributed by atoms with Crippen molar-refractivity contribution in [3.63, 3.8) is 0 Å². The van der Waals surface area contributed by atoms with Crippen molar-refractivity contribution in [3.8, 4) is 0 Å². The summed E-state index contributed by atoms with van der Waals surface area (Å²) >= 11 is 13.5. The number of rotatable bonds is 9. The van der Waals surface area contributed by atoms with Gasteiger partial charge in [0, 0.05) is 19.3 Å². The van der Waals surface area contributed by atoms with E-state index in [1.807, 2.05) is 6.92 Å². The summed E-state index contributed by atoms with van der Waals surface area (Å²) in [7, 11) is 1.55. The molecule has 1 atom stereocenters. The van der Waals surface area contributed by atoms with Crippen LogP contribution in [0, 0.1) is 5.82 Å². The van der Waals surface area contributed by atoms with Gasteiger partial charge in [-0.2, -0.15) is 0 Å². The molecule has 2 amide bonds. The minimum Gasteiger partial charge on any atom is -0.357 e. The number of likely N-dealkylation sites (N-methyl/N-ethyl adjacent to an activating group) is 1. The molecule has 0 fully saturated rings. The van der Waals surface area contributed by atoms with Gasteiger partial charge in [-0.3, -0.25) is 9.59 Å². The normalized spacial score (nSPS) is 11.8. The maximum atomic E-state index is 13.0. The van der Waals surface area contributed by atoms with Gasteiger partial charge in [0.2, 0.25) is 11.8 Å². The van der Waals surface area contributed by atoms with Gasteiger partial charge in [0.25, 0.3) is 0 Å². The summed E-state index contributed by atoms with van der Waals surface area (Å²) in [4.78, 5) is 26.9. The van der Waals surface area contributed by atoms with Crippen molar-refractivity contribution in [1.29, 1.82) is 0 Å². The molecule has 0 radical (unpaired) electrons. The Morgan fingerprint density at radius 1 is 1.10 bits per heavy atom. The van der Waals surface area contributed by atoms with Gasteiger partial charge in [0.05, 0.1) is 15.8 Å². The van der Waals surface area contributed by atoms with Crippen molar-refractivity contribution in [2.75, 3.05) is 12.8 Å². The van der Waals surface area contributed by atoms with Crippen LogP contribution >= 0.6 is 35.0 Å². The first-order chi connectivity index (χ1) is 13.8. The highest BCUT2D eigenvalue weighted by molar-refractivity contribution is 7.99. The van der Waals surface area contributed by atoms with Gasteiger partial charge in [-0.25, -0.2) is 4.39 Å². The topological polar surface area (TPSA) is 49.4 Å². The third-order valence-corrected chi connectivity index (χ3v) is 6.10. The lowest BCUT2D eigenvalue weighted by molar-refractivity contribution is -0.139. The molecule has 0 aliphatic carbocycles. The zero-order valence-corrected chi connectivity index (χ0v) is 18.6. The van der Waals surface area contributed by atoms with E-state index in [0.29, 0.717) is 22.2 Å². The fourth-order valence-corrected chi connectivity index (χ4v) is 4.03. The van der Waals surface area contributed by atoms with Gasteiger partial charge in [-0.1, -0.05) is 48.3 Å². The largest absolute Gasteiger partial charge is 0.357 e. The number of hydrogen-bond donors (Lipinski definition) is 1. The molecule has 1 unspecified atom stereocenters.